The van der Waals surface area contributed by atoms with Crippen LogP contribution in [0.5, 0.6) is 5.75 Å². The molecule has 0 amide bonds. The van der Waals surface area contributed by atoms with Gasteiger partial charge in [-0.15, -0.1) is 0 Å². The summed E-state index contributed by atoms with van der Waals surface area (Å²) in [6.45, 7) is 0.461. The third-order valence-electron chi connectivity index (χ3n) is 7.03. The second-order valence-electron chi connectivity index (χ2n) is 10.0. The van der Waals surface area contributed by atoms with Crippen molar-refractivity contribution in [3.05, 3.63) is 116 Å². The molecule has 11 nitrogen and oxygen atoms in total. The number of unbranched alkanes of at least 4 members (excludes halogenated alkanes) is 1. The molecule has 0 saturated carbocycles. The lowest BCUT2D eigenvalue weighted by Crippen LogP contribution is -2.34. The third kappa shape index (κ3) is 6.49. The van der Waals surface area contributed by atoms with Gasteiger partial charge < -0.3 is 21.2 Å². The van der Waals surface area contributed by atoms with Gasteiger partial charge in [0.15, 0.2) is 0 Å². The van der Waals surface area contributed by atoms with E-state index in [1.165, 1.54) is 22.8 Å². The summed E-state index contributed by atoms with van der Waals surface area (Å²) in [6, 6.07) is 19.7. The summed E-state index contributed by atoms with van der Waals surface area (Å²) in [6.07, 6.45) is 3.56. The highest BCUT2D eigenvalue weighted by Gasteiger charge is 2.24. The Kier molecular flexibility index (Phi) is 8.96. The predicted molar refractivity (Wildman–Crippen MR) is 164 cm³/mol. The van der Waals surface area contributed by atoms with Gasteiger partial charge in [0.25, 0.3) is 11.2 Å². The highest BCUT2D eigenvalue weighted by atomic mass is 35.5. The number of ether oxygens (including phenoxy) is 1. The summed E-state index contributed by atoms with van der Waals surface area (Å²) in [5.74, 6) is -0.932. The largest absolute Gasteiger partial charge is 0.424 e. The molecule has 0 bridgehead atoms. The van der Waals surface area contributed by atoms with Crippen LogP contribution in [0.15, 0.2) is 83.8 Å². The average molecular weight is 601 g/mol. The van der Waals surface area contributed by atoms with E-state index in [0.717, 1.165) is 22.8 Å². The molecule has 0 saturated heterocycles. The van der Waals surface area contributed by atoms with Gasteiger partial charge >= 0.3 is 5.97 Å². The molecule has 220 valence electrons. The van der Waals surface area contributed by atoms with E-state index >= 15 is 0 Å². The molecule has 5 rings (SSSR count). The molecule has 43 heavy (non-hydrogen) atoms. The zero-order valence-corrected chi connectivity index (χ0v) is 23.8. The number of nitrogens with zero attached hydrogens (tertiary/aromatic N) is 3. The number of H-pyrrole nitrogens is 1. The van der Waals surface area contributed by atoms with Crippen LogP contribution >= 0.6 is 11.6 Å². The number of hydrogen-bond donors (Lipinski definition) is 3. The summed E-state index contributed by atoms with van der Waals surface area (Å²) in [7, 11) is 0. The van der Waals surface area contributed by atoms with E-state index in [0.29, 0.717) is 48.6 Å². The van der Waals surface area contributed by atoms with Gasteiger partial charge in [0.2, 0.25) is 0 Å². The lowest BCUT2D eigenvalue weighted by Gasteiger charge is -2.14. The SMILES string of the molecule is NCCCC[C@@H](N)C(=O)Oc1cc([N+](=O)[O-])ccc1-c1c[nH]c2c(-c3ccc(Cl)cc3)c(Cc3ccccc3)nn2c1=O. The minimum atomic E-state index is -0.965. The van der Waals surface area contributed by atoms with E-state index in [9.17, 15) is 19.7 Å². The number of benzene rings is 3. The van der Waals surface area contributed by atoms with Gasteiger partial charge in [-0.2, -0.15) is 9.61 Å². The lowest BCUT2D eigenvalue weighted by atomic mass is 10.0. The van der Waals surface area contributed by atoms with E-state index in [1.54, 1.807) is 12.1 Å². The summed E-state index contributed by atoms with van der Waals surface area (Å²) >= 11 is 6.14. The van der Waals surface area contributed by atoms with Gasteiger partial charge in [0.05, 0.1) is 22.2 Å². The number of aromatic nitrogens is 3. The number of nitro groups is 1. The summed E-state index contributed by atoms with van der Waals surface area (Å²) in [5, 5.41) is 16.8. The van der Waals surface area contributed by atoms with E-state index in [-0.39, 0.29) is 22.6 Å². The molecule has 12 heteroatoms. The van der Waals surface area contributed by atoms with Crippen LogP contribution in [-0.2, 0) is 11.2 Å². The number of halogens is 1. The average Bonchev–Trinajstić information content (AvgIpc) is 3.37. The van der Waals surface area contributed by atoms with Crippen molar-refractivity contribution in [2.45, 2.75) is 31.7 Å². The number of carbonyl (C=O) groups excluding carboxylic acids is 1. The first-order valence-electron chi connectivity index (χ1n) is 13.7. The Morgan fingerprint density at radius 2 is 1.81 bits per heavy atom. The molecule has 0 aliphatic heterocycles. The Labute approximate surface area is 251 Å². The molecule has 2 heterocycles. The van der Waals surface area contributed by atoms with Crippen LogP contribution in [0.2, 0.25) is 5.02 Å². The molecule has 0 fully saturated rings. The number of non-ortho nitro benzene ring substituents is 1. The number of nitrogens with one attached hydrogen (secondary N) is 1. The molecule has 0 spiro atoms. The number of fused-ring (bicyclic) bond motifs is 1. The van der Waals surface area contributed by atoms with Gasteiger partial charge in [-0.05, 0) is 48.7 Å². The number of nitro benzene ring substituents is 1. The fraction of sp³-hybridized carbons (Fsp3) is 0.194. The van der Waals surface area contributed by atoms with Crippen molar-refractivity contribution in [1.82, 2.24) is 14.6 Å². The predicted octanol–water partition coefficient (Wildman–Crippen LogP) is 4.87. The number of rotatable bonds is 11. The maximum Gasteiger partial charge on any atom is 0.328 e. The molecular formula is C31H29ClN6O5. The molecule has 5 N–H and O–H groups in total. The maximum absolute atomic E-state index is 13.9. The van der Waals surface area contributed by atoms with Crippen LogP contribution in [0.3, 0.4) is 0 Å². The van der Waals surface area contributed by atoms with E-state index in [4.69, 9.17) is 32.9 Å². The third-order valence-corrected chi connectivity index (χ3v) is 7.28. The maximum atomic E-state index is 13.9. The van der Waals surface area contributed by atoms with Crippen molar-refractivity contribution in [2.24, 2.45) is 11.5 Å². The second-order valence-corrected chi connectivity index (χ2v) is 10.4. The summed E-state index contributed by atoms with van der Waals surface area (Å²) in [4.78, 5) is 40.8. The minimum absolute atomic E-state index is 0.0957. The Morgan fingerprint density at radius 1 is 1.07 bits per heavy atom. The van der Waals surface area contributed by atoms with E-state index < -0.39 is 22.5 Å². The molecule has 3 aromatic carbocycles. The van der Waals surface area contributed by atoms with Crippen molar-refractivity contribution >= 4 is 28.9 Å². The minimum Gasteiger partial charge on any atom is -0.424 e. The van der Waals surface area contributed by atoms with Crippen molar-refractivity contribution < 1.29 is 14.5 Å². The van der Waals surface area contributed by atoms with Gasteiger partial charge in [0.1, 0.15) is 17.4 Å². The first kappa shape index (κ1) is 29.6. The van der Waals surface area contributed by atoms with Gasteiger partial charge in [-0.25, -0.2) is 4.79 Å². The topological polar surface area (TPSA) is 172 Å². The number of esters is 1. The highest BCUT2D eigenvalue weighted by Crippen LogP contribution is 2.34. The monoisotopic (exact) mass is 600 g/mol. The fourth-order valence-electron chi connectivity index (χ4n) is 4.83. The normalized spacial score (nSPS) is 11.9. The number of nitrogens with two attached hydrogens (primary N) is 2. The van der Waals surface area contributed by atoms with E-state index in [2.05, 4.69) is 4.98 Å². The van der Waals surface area contributed by atoms with Crippen molar-refractivity contribution in [3.63, 3.8) is 0 Å². The van der Waals surface area contributed by atoms with Crippen molar-refractivity contribution in [1.29, 1.82) is 0 Å². The zero-order valence-electron chi connectivity index (χ0n) is 23.0. The molecule has 0 radical (unpaired) electrons. The van der Waals surface area contributed by atoms with E-state index in [1.807, 2.05) is 42.5 Å². The Bertz CT molecular complexity index is 1840. The Balaban J connectivity index is 1.62. The van der Waals surface area contributed by atoms with Crippen molar-refractivity contribution in [2.75, 3.05) is 6.54 Å². The van der Waals surface area contributed by atoms with Crippen molar-refractivity contribution in [3.8, 4) is 28.0 Å². The molecular weight excluding hydrogens is 572 g/mol. The lowest BCUT2D eigenvalue weighted by molar-refractivity contribution is -0.384. The molecule has 5 aromatic rings. The number of aromatic amines is 1. The summed E-state index contributed by atoms with van der Waals surface area (Å²) in [5.41, 5.74) is 14.6. The molecule has 1 atom stereocenters. The standard InChI is InChI=1S/C31H29ClN6O5/c32-21-11-9-20(10-12-21)28-26(16-19-6-2-1-3-7-19)36-37-29(28)35-18-24(30(37)39)23-14-13-22(38(41)42)17-27(23)43-31(40)25(34)8-4-5-15-33/h1-3,6-7,9-14,17-18,25,35H,4-5,8,15-16,33-34H2/t25-/m1/s1. The smallest absolute Gasteiger partial charge is 0.328 e. The number of hydrogen-bond acceptors (Lipinski definition) is 8. The Hall–Kier alpha value is -4.84. The zero-order chi connectivity index (χ0) is 30.5. The van der Waals surface area contributed by atoms with Crippen LogP contribution in [0.25, 0.3) is 27.9 Å². The summed E-state index contributed by atoms with van der Waals surface area (Å²) < 4.78 is 6.80. The first-order chi connectivity index (χ1) is 20.8. The fourth-order valence-corrected chi connectivity index (χ4v) is 4.95. The molecule has 0 aliphatic carbocycles. The van der Waals surface area contributed by atoms with Crippen LogP contribution < -0.4 is 21.8 Å². The Morgan fingerprint density at radius 3 is 2.51 bits per heavy atom. The van der Waals surface area contributed by atoms with Crippen LogP contribution in [0.4, 0.5) is 5.69 Å². The molecule has 2 aromatic heterocycles. The molecule has 0 unspecified atom stereocenters. The quantitative estimate of drug-likeness (QED) is 0.0633. The van der Waals surface area contributed by atoms with Crippen LogP contribution in [-0.4, -0.2) is 38.1 Å². The van der Waals surface area contributed by atoms with Gasteiger partial charge in [-0.1, -0.05) is 60.5 Å². The van der Waals surface area contributed by atoms with Gasteiger partial charge in [0, 0.05) is 34.8 Å². The molecule has 0 aliphatic rings. The van der Waals surface area contributed by atoms with Crippen LogP contribution in [0.1, 0.15) is 30.5 Å². The van der Waals surface area contributed by atoms with Gasteiger partial charge in [-0.3, -0.25) is 14.9 Å². The first-order valence-corrected chi connectivity index (χ1v) is 14.0. The van der Waals surface area contributed by atoms with Crippen LogP contribution in [0, 0.1) is 10.1 Å². The number of carbonyl (C=O) groups is 1. The second kappa shape index (κ2) is 13.0. The highest BCUT2D eigenvalue weighted by molar-refractivity contribution is 6.30.